The summed E-state index contributed by atoms with van der Waals surface area (Å²) in [6.07, 6.45) is 2.28. The van der Waals surface area contributed by atoms with E-state index in [9.17, 15) is 8.78 Å². The lowest BCUT2D eigenvalue weighted by atomic mass is 10.1. The summed E-state index contributed by atoms with van der Waals surface area (Å²) in [7, 11) is 0. The number of halogens is 3. The van der Waals surface area contributed by atoms with Gasteiger partial charge < -0.3 is 0 Å². The molecule has 1 unspecified atom stereocenters. The van der Waals surface area contributed by atoms with E-state index in [0.717, 1.165) is 24.7 Å². The predicted octanol–water partition coefficient (Wildman–Crippen LogP) is 2.89. The summed E-state index contributed by atoms with van der Waals surface area (Å²) >= 11 is 3.39. The van der Waals surface area contributed by atoms with Gasteiger partial charge in [-0.15, -0.1) is 0 Å². The maximum absolute atomic E-state index is 12.2. The van der Waals surface area contributed by atoms with Crippen LogP contribution < -0.4 is 0 Å². The monoisotopic (exact) mass is 255 g/mol. The molecule has 1 nitrogen and oxygen atoms in total. The van der Waals surface area contributed by atoms with Gasteiger partial charge in [0, 0.05) is 11.4 Å². The summed E-state index contributed by atoms with van der Waals surface area (Å²) in [5.41, 5.74) is 0. The fourth-order valence-electron chi connectivity index (χ4n) is 1.83. The van der Waals surface area contributed by atoms with E-state index in [1.54, 1.807) is 0 Å². The molecule has 78 valence electrons. The van der Waals surface area contributed by atoms with Crippen LogP contribution in [0.15, 0.2) is 0 Å². The van der Waals surface area contributed by atoms with E-state index in [1.165, 1.54) is 12.8 Å². The topological polar surface area (TPSA) is 3.24 Å². The van der Waals surface area contributed by atoms with Crippen LogP contribution in [-0.2, 0) is 0 Å². The quantitative estimate of drug-likeness (QED) is 0.702. The second-order valence-corrected chi connectivity index (χ2v) is 4.19. The maximum atomic E-state index is 12.2. The van der Waals surface area contributed by atoms with Crippen molar-refractivity contribution in [1.29, 1.82) is 0 Å². The molecule has 1 aliphatic heterocycles. The zero-order valence-electron chi connectivity index (χ0n) is 7.69. The standard InChI is InChI=1S/C9H16BrF2N/c10-6-8-4-2-1-3-5-13(8)7-9(11)12/h8-9H,1-7H2. The molecule has 1 fully saturated rings. The molecule has 1 heterocycles. The number of alkyl halides is 3. The third-order valence-corrected chi connectivity index (χ3v) is 3.30. The molecule has 1 saturated heterocycles. The Bertz CT molecular complexity index is 144. The molecule has 1 aliphatic rings. The van der Waals surface area contributed by atoms with Crippen LogP contribution in [-0.4, -0.2) is 35.8 Å². The first-order chi connectivity index (χ1) is 6.24. The van der Waals surface area contributed by atoms with Crippen molar-refractivity contribution in [3.05, 3.63) is 0 Å². The van der Waals surface area contributed by atoms with Crippen molar-refractivity contribution in [1.82, 2.24) is 4.90 Å². The third-order valence-electron chi connectivity index (χ3n) is 2.55. The van der Waals surface area contributed by atoms with Gasteiger partial charge in [-0.25, -0.2) is 8.78 Å². The smallest absolute Gasteiger partial charge is 0.251 e. The Labute approximate surface area is 86.6 Å². The molecule has 1 atom stereocenters. The minimum Gasteiger partial charge on any atom is -0.294 e. The largest absolute Gasteiger partial charge is 0.294 e. The van der Waals surface area contributed by atoms with Crippen LogP contribution in [0.25, 0.3) is 0 Å². The molecule has 0 saturated carbocycles. The molecule has 0 bridgehead atoms. The lowest BCUT2D eigenvalue weighted by Gasteiger charge is -2.27. The van der Waals surface area contributed by atoms with Crippen molar-refractivity contribution in [3.63, 3.8) is 0 Å². The molecule has 4 heteroatoms. The van der Waals surface area contributed by atoms with E-state index in [0.29, 0.717) is 6.04 Å². The first kappa shape index (κ1) is 11.4. The third kappa shape index (κ3) is 3.90. The number of hydrogen-bond donors (Lipinski definition) is 0. The Balaban J connectivity index is 2.44. The zero-order valence-corrected chi connectivity index (χ0v) is 9.27. The van der Waals surface area contributed by atoms with Gasteiger partial charge in [0.25, 0.3) is 6.43 Å². The molecular formula is C9H16BrF2N. The molecule has 0 aromatic carbocycles. The zero-order chi connectivity index (χ0) is 9.68. The second-order valence-electron chi connectivity index (χ2n) is 3.54. The molecule has 0 aliphatic carbocycles. The van der Waals surface area contributed by atoms with E-state index in [1.807, 2.05) is 4.90 Å². The summed E-state index contributed by atoms with van der Waals surface area (Å²) in [6.45, 7) is 0.775. The molecule has 0 radical (unpaired) electrons. The van der Waals surface area contributed by atoms with Crippen LogP contribution in [0, 0.1) is 0 Å². The highest BCUT2D eigenvalue weighted by Gasteiger charge is 2.22. The lowest BCUT2D eigenvalue weighted by molar-refractivity contribution is 0.0723. The highest BCUT2D eigenvalue weighted by atomic mass is 79.9. The summed E-state index contributed by atoms with van der Waals surface area (Å²) in [5.74, 6) is 0. The van der Waals surface area contributed by atoms with Gasteiger partial charge in [-0.2, -0.15) is 0 Å². The van der Waals surface area contributed by atoms with Crippen LogP contribution in [0.2, 0.25) is 0 Å². The second kappa shape index (κ2) is 5.91. The molecular weight excluding hydrogens is 240 g/mol. The first-order valence-electron chi connectivity index (χ1n) is 4.82. The van der Waals surface area contributed by atoms with Gasteiger partial charge in [0.2, 0.25) is 0 Å². The average Bonchev–Trinajstić information content (AvgIpc) is 2.28. The van der Waals surface area contributed by atoms with E-state index in [-0.39, 0.29) is 6.54 Å². The van der Waals surface area contributed by atoms with Crippen molar-refractivity contribution < 1.29 is 8.78 Å². The SMILES string of the molecule is FC(F)CN1CCCCCC1CBr. The van der Waals surface area contributed by atoms with Crippen molar-refractivity contribution in [2.24, 2.45) is 0 Å². The highest BCUT2D eigenvalue weighted by molar-refractivity contribution is 9.09. The van der Waals surface area contributed by atoms with Crippen molar-refractivity contribution >= 4 is 15.9 Å². The Morgan fingerprint density at radius 2 is 2.08 bits per heavy atom. The van der Waals surface area contributed by atoms with Crippen molar-refractivity contribution in [2.75, 3.05) is 18.4 Å². The lowest BCUT2D eigenvalue weighted by Crippen LogP contribution is -2.39. The fraction of sp³-hybridized carbons (Fsp3) is 1.00. The van der Waals surface area contributed by atoms with Gasteiger partial charge in [0.05, 0.1) is 6.54 Å². The molecule has 13 heavy (non-hydrogen) atoms. The average molecular weight is 256 g/mol. The molecule has 0 aromatic rings. The van der Waals surface area contributed by atoms with Crippen LogP contribution >= 0.6 is 15.9 Å². The Kier molecular flexibility index (Phi) is 5.17. The van der Waals surface area contributed by atoms with Crippen molar-refractivity contribution in [2.45, 2.75) is 38.2 Å². The summed E-state index contributed by atoms with van der Waals surface area (Å²) < 4.78 is 24.4. The Morgan fingerprint density at radius 1 is 1.31 bits per heavy atom. The minimum absolute atomic E-state index is 0.0593. The van der Waals surface area contributed by atoms with Crippen molar-refractivity contribution in [3.8, 4) is 0 Å². The van der Waals surface area contributed by atoms with Crippen LogP contribution in [0.4, 0.5) is 8.78 Å². The number of hydrogen-bond acceptors (Lipinski definition) is 1. The minimum atomic E-state index is -2.19. The van der Waals surface area contributed by atoms with Crippen LogP contribution in [0.3, 0.4) is 0 Å². The predicted molar refractivity (Wildman–Crippen MR) is 53.6 cm³/mol. The van der Waals surface area contributed by atoms with Crippen LogP contribution in [0.5, 0.6) is 0 Å². The van der Waals surface area contributed by atoms with E-state index in [2.05, 4.69) is 15.9 Å². The van der Waals surface area contributed by atoms with E-state index < -0.39 is 6.43 Å². The first-order valence-corrected chi connectivity index (χ1v) is 5.94. The van der Waals surface area contributed by atoms with E-state index >= 15 is 0 Å². The van der Waals surface area contributed by atoms with Gasteiger partial charge in [-0.3, -0.25) is 4.90 Å². The summed E-state index contributed by atoms with van der Waals surface area (Å²) in [6, 6.07) is 0.316. The summed E-state index contributed by atoms with van der Waals surface area (Å²) in [5, 5.41) is 0.819. The Morgan fingerprint density at radius 3 is 2.69 bits per heavy atom. The van der Waals surface area contributed by atoms with Gasteiger partial charge in [-0.05, 0) is 19.4 Å². The number of rotatable bonds is 3. The highest BCUT2D eigenvalue weighted by Crippen LogP contribution is 2.19. The van der Waals surface area contributed by atoms with Gasteiger partial charge in [-0.1, -0.05) is 28.8 Å². The number of likely N-dealkylation sites (tertiary alicyclic amines) is 1. The fourth-order valence-corrected chi connectivity index (χ4v) is 2.56. The molecule has 0 spiro atoms. The number of nitrogens with zero attached hydrogens (tertiary/aromatic N) is 1. The molecule has 0 aromatic heterocycles. The molecule has 1 rings (SSSR count). The van der Waals surface area contributed by atoms with Gasteiger partial charge >= 0.3 is 0 Å². The molecule has 0 amide bonds. The van der Waals surface area contributed by atoms with Gasteiger partial charge in [0.1, 0.15) is 0 Å². The van der Waals surface area contributed by atoms with E-state index in [4.69, 9.17) is 0 Å². The van der Waals surface area contributed by atoms with Crippen LogP contribution in [0.1, 0.15) is 25.7 Å². The summed E-state index contributed by atoms with van der Waals surface area (Å²) in [4.78, 5) is 1.92. The maximum Gasteiger partial charge on any atom is 0.251 e. The van der Waals surface area contributed by atoms with Gasteiger partial charge in [0.15, 0.2) is 0 Å². The molecule has 0 N–H and O–H groups in total. The normalized spacial score (nSPS) is 26.3. The Hall–Kier alpha value is 0.300.